The number of carbonyl (C=O) groups excluding carboxylic acids is 1. The Labute approximate surface area is 229 Å². The Bertz CT molecular complexity index is 1520. The number of alkyl halides is 6. The van der Waals surface area contributed by atoms with Crippen LogP contribution >= 0.6 is 0 Å². The van der Waals surface area contributed by atoms with E-state index in [1.807, 2.05) is 0 Å². The number of aliphatic hydroxyl groups excluding tert-OH is 1. The van der Waals surface area contributed by atoms with Crippen LogP contribution in [0.3, 0.4) is 0 Å². The van der Waals surface area contributed by atoms with Crippen LogP contribution in [-0.2, 0) is 22.8 Å². The predicted octanol–water partition coefficient (Wildman–Crippen LogP) is 4.20. The smallest absolute Gasteiger partial charge is 0.389 e. The molecule has 2 N–H and O–H groups in total. The summed E-state index contributed by atoms with van der Waals surface area (Å²) in [4.78, 5) is 26.9. The Morgan fingerprint density at radius 2 is 1.56 bits per heavy atom. The van der Waals surface area contributed by atoms with Gasteiger partial charge in [-0.15, -0.1) is 0 Å². The van der Waals surface area contributed by atoms with E-state index in [-0.39, 0.29) is 35.6 Å². The molecule has 1 unspecified atom stereocenters. The highest BCUT2D eigenvalue weighted by atomic mass is 19.4. The lowest BCUT2D eigenvalue weighted by Crippen LogP contribution is -2.54. The van der Waals surface area contributed by atoms with Gasteiger partial charge in [-0.1, -0.05) is 36.4 Å². The van der Waals surface area contributed by atoms with Gasteiger partial charge in [-0.2, -0.15) is 26.3 Å². The van der Waals surface area contributed by atoms with E-state index in [4.69, 9.17) is 0 Å². The van der Waals surface area contributed by atoms with Gasteiger partial charge in [-0.25, -0.2) is 15.0 Å². The van der Waals surface area contributed by atoms with Crippen molar-refractivity contribution in [3.63, 3.8) is 0 Å². The van der Waals surface area contributed by atoms with E-state index in [2.05, 4.69) is 20.4 Å². The second-order valence-electron chi connectivity index (χ2n) is 9.58. The van der Waals surface area contributed by atoms with E-state index in [1.165, 1.54) is 67.1 Å². The lowest BCUT2D eigenvalue weighted by Gasteiger charge is -2.38. The number of halogens is 6. The van der Waals surface area contributed by atoms with Crippen LogP contribution in [0.25, 0.3) is 5.57 Å². The minimum absolute atomic E-state index is 0.0200. The minimum atomic E-state index is -4.82. The summed E-state index contributed by atoms with van der Waals surface area (Å²) in [6.07, 6.45) is -5.34. The van der Waals surface area contributed by atoms with Crippen molar-refractivity contribution < 1.29 is 36.2 Å². The first-order valence-electron chi connectivity index (χ1n) is 12.2. The summed E-state index contributed by atoms with van der Waals surface area (Å²) in [7, 11) is 0. The number of carbonyl (C=O) groups is 1. The van der Waals surface area contributed by atoms with E-state index in [0.717, 1.165) is 23.2 Å². The number of amidine groups is 1. The molecule has 1 aromatic heterocycles. The quantitative estimate of drug-likeness (QED) is 0.350. The Kier molecular flexibility index (Phi) is 6.97. The van der Waals surface area contributed by atoms with Gasteiger partial charge >= 0.3 is 12.4 Å². The van der Waals surface area contributed by atoms with Crippen molar-refractivity contribution in [2.45, 2.75) is 31.0 Å². The van der Waals surface area contributed by atoms with Crippen molar-refractivity contribution in [1.82, 2.24) is 25.3 Å². The van der Waals surface area contributed by atoms with Gasteiger partial charge in [0.2, 0.25) is 0 Å². The highest BCUT2D eigenvalue weighted by Gasteiger charge is 2.47. The Balaban J connectivity index is 1.71. The number of β-amino-alcohol motifs (C(OH)–C–C–N with tert-alkyl or cyclic N) is 1. The Morgan fingerprint density at radius 1 is 0.976 bits per heavy atom. The first-order valence-corrected chi connectivity index (χ1v) is 12.2. The molecule has 2 aromatic carbocycles. The summed E-state index contributed by atoms with van der Waals surface area (Å²) in [6, 6.07) is 9.08. The fourth-order valence-corrected chi connectivity index (χ4v) is 4.68. The molecule has 2 aliphatic heterocycles. The minimum Gasteiger partial charge on any atom is -0.389 e. The van der Waals surface area contributed by atoms with Crippen LogP contribution < -0.4 is 5.43 Å². The van der Waals surface area contributed by atoms with Gasteiger partial charge in [0.25, 0.3) is 5.91 Å². The summed E-state index contributed by atoms with van der Waals surface area (Å²) < 4.78 is 84.1. The van der Waals surface area contributed by atoms with E-state index in [0.29, 0.717) is 0 Å². The maximum atomic E-state index is 14.1. The number of hydrogen-bond acceptors (Lipinski definition) is 7. The number of benzene rings is 2. The lowest BCUT2D eigenvalue weighted by atomic mass is 9.95. The summed E-state index contributed by atoms with van der Waals surface area (Å²) in [5, 5.41) is 10.8. The van der Waals surface area contributed by atoms with Crippen LogP contribution in [0.4, 0.5) is 26.3 Å². The molecule has 0 saturated carbocycles. The third kappa shape index (κ3) is 5.34. The lowest BCUT2D eigenvalue weighted by molar-refractivity contribution is -0.139. The number of aliphatic hydroxyl groups is 1. The summed E-state index contributed by atoms with van der Waals surface area (Å²) in [5.41, 5.74) is -2.03. The zero-order chi connectivity index (χ0) is 29.6. The highest BCUT2D eigenvalue weighted by Crippen LogP contribution is 2.43. The molecule has 0 radical (unpaired) electrons. The third-order valence-electron chi connectivity index (χ3n) is 6.76. The highest BCUT2D eigenvalue weighted by molar-refractivity contribution is 6.19. The Hall–Kier alpha value is -4.46. The van der Waals surface area contributed by atoms with Gasteiger partial charge < -0.3 is 10.0 Å². The maximum Gasteiger partial charge on any atom is 0.417 e. The van der Waals surface area contributed by atoms with Crippen LogP contribution in [0.5, 0.6) is 0 Å². The average molecular weight is 577 g/mol. The standard InChI is InChI=1S/C27H22F6N6O2/c1-25(21-8-4-5-9-22(21)27(31,32)33)36-23(18-6-2-3-7-20(18)26(28,29)30)37-39(25)14-19(16-10-34-15-35-11-16)24(41)38-12-17(40)13-38/h2-11,14-15,17,40H,12-13H2,1H3,(H,36,37)/b19-14+. The number of rotatable bonds is 5. The fourth-order valence-electron chi connectivity index (χ4n) is 4.68. The van der Waals surface area contributed by atoms with Gasteiger partial charge in [-0.3, -0.25) is 15.2 Å². The van der Waals surface area contributed by atoms with Crippen molar-refractivity contribution in [1.29, 1.82) is 0 Å². The zero-order valence-electron chi connectivity index (χ0n) is 21.3. The molecule has 1 saturated heterocycles. The normalized spacial score (nSPS) is 20.0. The number of aromatic nitrogens is 2. The second kappa shape index (κ2) is 10.2. The molecule has 14 heteroatoms. The van der Waals surface area contributed by atoms with Gasteiger partial charge in [0.05, 0.1) is 22.8 Å². The van der Waals surface area contributed by atoms with Crippen LogP contribution in [-0.4, -0.2) is 55.9 Å². The van der Waals surface area contributed by atoms with Crippen molar-refractivity contribution in [3.05, 3.63) is 101 Å². The van der Waals surface area contributed by atoms with Gasteiger partial charge in [0.1, 0.15) is 6.33 Å². The topological polar surface area (TPSA) is 94.0 Å². The summed E-state index contributed by atoms with van der Waals surface area (Å²) in [5.74, 6) is -0.952. The van der Waals surface area contributed by atoms with Gasteiger partial charge in [-0.05, 0) is 19.1 Å². The number of nitrogens with zero attached hydrogens (tertiary/aromatic N) is 5. The summed E-state index contributed by atoms with van der Waals surface area (Å²) in [6.45, 7) is 1.33. The van der Waals surface area contributed by atoms with Crippen LogP contribution in [0.15, 0.2) is 78.4 Å². The average Bonchev–Trinajstić information content (AvgIpc) is 3.26. The largest absolute Gasteiger partial charge is 0.417 e. The number of hydrogen-bond donors (Lipinski definition) is 2. The number of nitrogens with one attached hydrogen (secondary N) is 1. The van der Waals surface area contributed by atoms with Crippen molar-refractivity contribution in [3.8, 4) is 0 Å². The molecule has 214 valence electrons. The van der Waals surface area contributed by atoms with E-state index in [9.17, 15) is 36.2 Å². The van der Waals surface area contributed by atoms with Crippen molar-refractivity contribution in [2.24, 2.45) is 4.99 Å². The summed E-state index contributed by atoms with van der Waals surface area (Å²) >= 11 is 0. The second-order valence-corrected chi connectivity index (χ2v) is 9.58. The van der Waals surface area contributed by atoms with Gasteiger partial charge in [0, 0.05) is 48.4 Å². The maximum absolute atomic E-state index is 14.1. The first kappa shape index (κ1) is 28.1. The van der Waals surface area contributed by atoms with Crippen molar-refractivity contribution in [2.75, 3.05) is 13.1 Å². The number of hydrazine groups is 1. The van der Waals surface area contributed by atoms with E-state index < -0.39 is 46.7 Å². The molecule has 5 rings (SSSR count). The van der Waals surface area contributed by atoms with Crippen molar-refractivity contribution >= 4 is 17.3 Å². The Morgan fingerprint density at radius 3 is 2.17 bits per heavy atom. The monoisotopic (exact) mass is 576 g/mol. The molecular weight excluding hydrogens is 554 g/mol. The third-order valence-corrected chi connectivity index (χ3v) is 6.76. The molecule has 0 aliphatic carbocycles. The molecule has 0 spiro atoms. The number of amides is 1. The van der Waals surface area contributed by atoms with E-state index >= 15 is 0 Å². The number of likely N-dealkylation sites (tertiary alicyclic amines) is 1. The molecule has 1 atom stereocenters. The fraction of sp³-hybridized carbons (Fsp3) is 0.259. The number of aliphatic imine (C=N–C) groups is 1. The van der Waals surface area contributed by atoms with Gasteiger partial charge in [0.15, 0.2) is 11.5 Å². The van der Waals surface area contributed by atoms with Crippen LogP contribution in [0.2, 0.25) is 0 Å². The predicted molar refractivity (Wildman–Crippen MR) is 134 cm³/mol. The molecule has 8 nitrogen and oxygen atoms in total. The molecule has 1 fully saturated rings. The van der Waals surface area contributed by atoms with Crippen LogP contribution in [0.1, 0.15) is 34.7 Å². The molecule has 3 aromatic rings. The van der Waals surface area contributed by atoms with E-state index in [1.54, 1.807) is 0 Å². The molecule has 2 aliphatic rings. The molecule has 41 heavy (non-hydrogen) atoms. The molecule has 0 bridgehead atoms. The zero-order valence-corrected chi connectivity index (χ0v) is 21.3. The molecular formula is C27H22F6N6O2. The molecule has 1 amide bonds. The SMILES string of the molecule is CC1(c2ccccc2C(F)(F)F)N=C(c2ccccc2C(F)(F)F)NN1/C=C(/C(=O)N1CC(O)C1)c1cncnc1. The van der Waals surface area contributed by atoms with Crippen LogP contribution in [0, 0.1) is 0 Å². The first-order chi connectivity index (χ1) is 19.3. The molecule has 3 heterocycles.